The number of halogens is 1. The van der Waals surface area contributed by atoms with Crippen molar-refractivity contribution in [1.29, 1.82) is 0 Å². The molecule has 2 aromatic rings. The van der Waals surface area contributed by atoms with Gasteiger partial charge >= 0.3 is 0 Å². The van der Waals surface area contributed by atoms with Crippen LogP contribution in [0, 0.1) is 15.9 Å². The summed E-state index contributed by atoms with van der Waals surface area (Å²) in [6.07, 6.45) is 0. The number of hydrogen-bond acceptors (Lipinski definition) is 5. The summed E-state index contributed by atoms with van der Waals surface area (Å²) in [4.78, 5) is 33.6. The predicted molar refractivity (Wildman–Crippen MR) is 87.4 cm³/mol. The fraction of sp³-hybridized carbons (Fsp3) is 0.0667. The van der Waals surface area contributed by atoms with Gasteiger partial charge in [0.1, 0.15) is 5.82 Å². The van der Waals surface area contributed by atoms with E-state index in [4.69, 9.17) is 5.73 Å². The van der Waals surface area contributed by atoms with Crippen LogP contribution in [-0.2, 0) is 4.79 Å². The van der Waals surface area contributed by atoms with E-state index in [-0.39, 0.29) is 21.9 Å². The molecule has 0 heterocycles. The molecule has 0 radical (unpaired) electrons. The average molecular weight is 349 g/mol. The third-order valence-electron chi connectivity index (χ3n) is 2.91. The van der Waals surface area contributed by atoms with Gasteiger partial charge in [0, 0.05) is 17.3 Å². The Bertz CT molecular complexity index is 813. The minimum Gasteiger partial charge on any atom is -0.366 e. The molecule has 0 aliphatic heterocycles. The summed E-state index contributed by atoms with van der Waals surface area (Å²) in [7, 11) is 0. The standard InChI is InChI=1S/C15H12FN3O4S/c16-10-2-1-3-11(7-10)18-14(20)8-24-13-5-4-9(15(17)21)6-12(13)19(22)23/h1-7H,8H2,(H2,17,21)(H,18,20). The molecule has 3 N–H and O–H groups in total. The molecule has 0 aromatic heterocycles. The molecule has 9 heteroatoms. The van der Waals surface area contributed by atoms with Gasteiger partial charge in [-0.1, -0.05) is 6.07 Å². The molecule has 0 fully saturated rings. The molecule has 0 saturated heterocycles. The van der Waals surface area contributed by atoms with E-state index in [1.54, 1.807) is 0 Å². The maximum atomic E-state index is 13.0. The molecule has 7 nitrogen and oxygen atoms in total. The van der Waals surface area contributed by atoms with Crippen molar-refractivity contribution >= 4 is 35.0 Å². The summed E-state index contributed by atoms with van der Waals surface area (Å²) in [5.74, 6) is -1.83. The third-order valence-corrected chi connectivity index (χ3v) is 3.97. The van der Waals surface area contributed by atoms with E-state index in [9.17, 15) is 24.1 Å². The zero-order chi connectivity index (χ0) is 17.7. The van der Waals surface area contributed by atoms with Crippen LogP contribution in [0.5, 0.6) is 0 Å². The predicted octanol–water partition coefficient (Wildman–Crippen LogP) is 2.56. The number of nitro benzene ring substituents is 1. The highest BCUT2D eigenvalue weighted by atomic mass is 32.2. The van der Waals surface area contributed by atoms with Crippen molar-refractivity contribution in [3.05, 3.63) is 64.0 Å². The van der Waals surface area contributed by atoms with Crippen molar-refractivity contribution in [2.75, 3.05) is 11.1 Å². The Hall–Kier alpha value is -2.94. The van der Waals surface area contributed by atoms with Crippen LogP contribution < -0.4 is 11.1 Å². The van der Waals surface area contributed by atoms with Crippen LogP contribution in [-0.4, -0.2) is 22.5 Å². The SMILES string of the molecule is NC(=O)c1ccc(SCC(=O)Nc2cccc(F)c2)c([N+](=O)[O-])c1. The van der Waals surface area contributed by atoms with Crippen LogP contribution >= 0.6 is 11.8 Å². The van der Waals surface area contributed by atoms with Crippen LogP contribution in [0.15, 0.2) is 47.4 Å². The van der Waals surface area contributed by atoms with Gasteiger partial charge in [0.2, 0.25) is 11.8 Å². The number of carbonyl (C=O) groups is 2. The topological polar surface area (TPSA) is 115 Å². The minimum absolute atomic E-state index is 0.00950. The number of nitrogens with zero attached hydrogens (tertiary/aromatic N) is 1. The average Bonchev–Trinajstić information content (AvgIpc) is 2.52. The van der Waals surface area contributed by atoms with Gasteiger partial charge in [-0.05, 0) is 30.3 Å². The lowest BCUT2D eigenvalue weighted by Crippen LogP contribution is -2.14. The lowest BCUT2D eigenvalue weighted by Gasteiger charge is -2.06. The van der Waals surface area contributed by atoms with E-state index < -0.39 is 22.6 Å². The van der Waals surface area contributed by atoms with E-state index in [0.717, 1.165) is 23.9 Å². The number of benzene rings is 2. The normalized spacial score (nSPS) is 10.2. The van der Waals surface area contributed by atoms with Crippen molar-refractivity contribution < 1.29 is 18.9 Å². The van der Waals surface area contributed by atoms with Gasteiger partial charge < -0.3 is 11.1 Å². The first kappa shape index (κ1) is 17.4. The highest BCUT2D eigenvalue weighted by Gasteiger charge is 2.18. The number of primary amides is 1. The highest BCUT2D eigenvalue weighted by molar-refractivity contribution is 8.00. The number of nitrogens with one attached hydrogen (secondary N) is 1. The Morgan fingerprint density at radius 3 is 2.62 bits per heavy atom. The largest absolute Gasteiger partial charge is 0.366 e. The van der Waals surface area contributed by atoms with E-state index >= 15 is 0 Å². The number of thioether (sulfide) groups is 1. The minimum atomic E-state index is -0.779. The second kappa shape index (κ2) is 7.55. The summed E-state index contributed by atoms with van der Waals surface area (Å²) in [5.41, 5.74) is 5.08. The summed E-state index contributed by atoms with van der Waals surface area (Å²) >= 11 is 0.928. The maximum Gasteiger partial charge on any atom is 0.283 e. The molecule has 0 aliphatic carbocycles. The number of carbonyl (C=O) groups excluding carboxylic acids is 2. The first-order valence-electron chi connectivity index (χ1n) is 6.63. The maximum absolute atomic E-state index is 13.0. The zero-order valence-electron chi connectivity index (χ0n) is 12.2. The van der Waals surface area contributed by atoms with Crippen molar-refractivity contribution in [1.82, 2.24) is 0 Å². The molecule has 0 unspecified atom stereocenters. The molecule has 2 amide bonds. The second-order valence-electron chi connectivity index (χ2n) is 4.65. The number of hydrogen-bond donors (Lipinski definition) is 2. The van der Waals surface area contributed by atoms with Crippen LogP contribution in [0.3, 0.4) is 0 Å². The van der Waals surface area contributed by atoms with Crippen molar-refractivity contribution in [2.45, 2.75) is 4.90 Å². The lowest BCUT2D eigenvalue weighted by atomic mass is 10.2. The number of rotatable bonds is 6. The van der Waals surface area contributed by atoms with Gasteiger partial charge in [-0.15, -0.1) is 11.8 Å². The van der Waals surface area contributed by atoms with E-state index in [1.165, 1.54) is 30.3 Å². The number of nitro groups is 1. The molecule has 0 atom stereocenters. The Labute approximate surface area is 140 Å². The van der Waals surface area contributed by atoms with Crippen LogP contribution in [0.25, 0.3) is 0 Å². The Kier molecular flexibility index (Phi) is 5.48. The third kappa shape index (κ3) is 4.53. The van der Waals surface area contributed by atoms with Crippen molar-refractivity contribution in [3.63, 3.8) is 0 Å². The van der Waals surface area contributed by atoms with Gasteiger partial charge in [0.25, 0.3) is 5.69 Å². The van der Waals surface area contributed by atoms with E-state index in [2.05, 4.69) is 5.32 Å². The molecule has 0 spiro atoms. The molecule has 0 aliphatic rings. The molecular weight excluding hydrogens is 337 g/mol. The highest BCUT2D eigenvalue weighted by Crippen LogP contribution is 2.30. The number of nitrogens with two attached hydrogens (primary N) is 1. The first-order chi connectivity index (χ1) is 11.4. The molecule has 24 heavy (non-hydrogen) atoms. The fourth-order valence-corrected chi connectivity index (χ4v) is 2.65. The first-order valence-corrected chi connectivity index (χ1v) is 7.62. The van der Waals surface area contributed by atoms with Crippen molar-refractivity contribution in [3.8, 4) is 0 Å². The summed E-state index contributed by atoms with van der Waals surface area (Å²) in [5, 5.41) is 13.6. The molecule has 2 aromatic carbocycles. The fourth-order valence-electron chi connectivity index (χ4n) is 1.84. The molecule has 0 bridgehead atoms. The zero-order valence-corrected chi connectivity index (χ0v) is 13.0. The van der Waals surface area contributed by atoms with Gasteiger partial charge in [-0.2, -0.15) is 0 Å². The molecule has 2 rings (SSSR count). The quantitative estimate of drug-likeness (QED) is 0.472. The smallest absolute Gasteiger partial charge is 0.283 e. The number of anilines is 1. The van der Waals surface area contributed by atoms with Gasteiger partial charge in [0.05, 0.1) is 15.6 Å². The van der Waals surface area contributed by atoms with Gasteiger partial charge in [0.15, 0.2) is 0 Å². The van der Waals surface area contributed by atoms with Gasteiger partial charge in [-0.25, -0.2) is 4.39 Å². The number of amides is 2. The van der Waals surface area contributed by atoms with Gasteiger partial charge in [-0.3, -0.25) is 19.7 Å². The Balaban J connectivity index is 2.07. The molecule has 0 saturated carbocycles. The molecule has 124 valence electrons. The molecular formula is C15H12FN3O4S. The second-order valence-corrected chi connectivity index (χ2v) is 5.67. The van der Waals surface area contributed by atoms with Crippen LogP contribution in [0.2, 0.25) is 0 Å². The van der Waals surface area contributed by atoms with Crippen LogP contribution in [0.4, 0.5) is 15.8 Å². The van der Waals surface area contributed by atoms with Crippen LogP contribution in [0.1, 0.15) is 10.4 Å². The lowest BCUT2D eigenvalue weighted by molar-refractivity contribution is -0.387. The van der Waals surface area contributed by atoms with E-state index in [0.29, 0.717) is 5.69 Å². The van der Waals surface area contributed by atoms with Crippen molar-refractivity contribution in [2.24, 2.45) is 5.73 Å². The Morgan fingerprint density at radius 2 is 2.00 bits per heavy atom. The summed E-state index contributed by atoms with van der Waals surface area (Å²) < 4.78 is 13.0. The summed E-state index contributed by atoms with van der Waals surface area (Å²) in [6, 6.07) is 9.15. The Morgan fingerprint density at radius 1 is 1.25 bits per heavy atom. The summed E-state index contributed by atoms with van der Waals surface area (Å²) in [6.45, 7) is 0. The monoisotopic (exact) mass is 349 g/mol. The van der Waals surface area contributed by atoms with E-state index in [1.807, 2.05) is 0 Å².